The highest BCUT2D eigenvalue weighted by atomic mass is 35.5. The van der Waals surface area contributed by atoms with Crippen LogP contribution in [0, 0.1) is 6.92 Å². The van der Waals surface area contributed by atoms with Gasteiger partial charge in [0.2, 0.25) is 11.2 Å². The average molecular weight is 282 g/mol. The summed E-state index contributed by atoms with van der Waals surface area (Å²) in [6.07, 6.45) is 2.29. The predicted octanol–water partition coefficient (Wildman–Crippen LogP) is 0.732. The minimum atomic E-state index is 0. The van der Waals surface area contributed by atoms with Crippen molar-refractivity contribution in [3.63, 3.8) is 0 Å². The Morgan fingerprint density at radius 2 is 1.65 bits per heavy atom. The van der Waals surface area contributed by atoms with Gasteiger partial charge >= 0.3 is 0 Å². The maximum absolute atomic E-state index is 3.64. The van der Waals surface area contributed by atoms with E-state index in [2.05, 4.69) is 60.4 Å². The lowest BCUT2D eigenvalue weighted by Gasteiger charge is -2.17. The topological polar surface area (TPSA) is 14.1 Å². The molecule has 2 aromatic carbocycles. The minimum absolute atomic E-state index is 0. The molecule has 4 rings (SSSR count). The molecule has 0 amide bonds. The van der Waals surface area contributed by atoms with Gasteiger partial charge in [-0.15, -0.1) is 0 Å². The average Bonchev–Trinajstić information content (AvgIpc) is 2.47. The van der Waals surface area contributed by atoms with Gasteiger partial charge in [-0.1, -0.05) is 30.3 Å². The third kappa shape index (κ3) is 1.82. The predicted molar refractivity (Wildman–Crippen MR) is 78.1 cm³/mol. The lowest BCUT2D eigenvalue weighted by atomic mass is 9.86. The van der Waals surface area contributed by atoms with Gasteiger partial charge in [-0.2, -0.15) is 0 Å². The van der Waals surface area contributed by atoms with Crippen LogP contribution in [0.25, 0.3) is 22.2 Å². The fourth-order valence-electron chi connectivity index (χ4n) is 3.26. The van der Waals surface area contributed by atoms with E-state index in [1.807, 2.05) is 0 Å². The fraction of sp³-hybridized carbons (Fsp3) is 0.167. The number of hydrogen-bond donors (Lipinski definition) is 0. The molecule has 0 unspecified atom stereocenters. The molecule has 0 aliphatic heterocycles. The molecule has 0 bridgehead atoms. The van der Waals surface area contributed by atoms with E-state index < -0.39 is 0 Å². The number of hydrogen-bond acceptors (Lipinski definition) is 0. The lowest BCUT2D eigenvalue weighted by Crippen LogP contribution is -3.00. The van der Waals surface area contributed by atoms with Gasteiger partial charge in [0.1, 0.15) is 0 Å². The first-order chi connectivity index (χ1) is 9.34. The van der Waals surface area contributed by atoms with Gasteiger partial charge in [-0.05, 0) is 43.0 Å². The summed E-state index contributed by atoms with van der Waals surface area (Å²) in [7, 11) is 0. The molecule has 0 fully saturated rings. The SMILES string of the molecule is Cc1c2c([nH+]c3ccccc13)-c1ccccc1CC2.[Cl-]. The highest BCUT2D eigenvalue weighted by molar-refractivity contribution is 5.84. The first-order valence-corrected chi connectivity index (χ1v) is 6.86. The second-order valence-electron chi connectivity index (χ2n) is 5.31. The summed E-state index contributed by atoms with van der Waals surface area (Å²) >= 11 is 0. The van der Waals surface area contributed by atoms with E-state index in [4.69, 9.17) is 0 Å². The Morgan fingerprint density at radius 3 is 2.55 bits per heavy atom. The summed E-state index contributed by atoms with van der Waals surface area (Å²) in [5, 5.41) is 1.35. The van der Waals surface area contributed by atoms with Gasteiger partial charge in [0.05, 0.1) is 0 Å². The monoisotopic (exact) mass is 281 g/mol. The van der Waals surface area contributed by atoms with E-state index in [1.54, 1.807) is 0 Å². The molecule has 0 saturated heterocycles. The number of pyridine rings is 1. The smallest absolute Gasteiger partial charge is 0.215 e. The van der Waals surface area contributed by atoms with Gasteiger partial charge in [0.25, 0.3) is 0 Å². The number of nitrogens with one attached hydrogen (secondary N) is 1. The molecule has 0 radical (unpaired) electrons. The van der Waals surface area contributed by atoms with Crippen molar-refractivity contribution in [2.45, 2.75) is 19.8 Å². The van der Waals surface area contributed by atoms with Gasteiger partial charge in [0.15, 0.2) is 0 Å². The molecular weight excluding hydrogens is 266 g/mol. The van der Waals surface area contributed by atoms with Crippen LogP contribution in [0.15, 0.2) is 48.5 Å². The minimum Gasteiger partial charge on any atom is -1.00 e. The van der Waals surface area contributed by atoms with Crippen LogP contribution in [-0.4, -0.2) is 0 Å². The number of aromatic nitrogens is 1. The molecule has 1 N–H and O–H groups in total. The molecule has 1 aliphatic rings. The number of benzene rings is 2. The van der Waals surface area contributed by atoms with E-state index in [0.717, 1.165) is 12.8 Å². The fourth-order valence-corrected chi connectivity index (χ4v) is 3.26. The quantitative estimate of drug-likeness (QED) is 0.577. The van der Waals surface area contributed by atoms with Gasteiger partial charge < -0.3 is 12.4 Å². The molecule has 2 heteroatoms. The van der Waals surface area contributed by atoms with E-state index in [1.165, 1.54) is 38.9 Å². The van der Waals surface area contributed by atoms with Crippen molar-refractivity contribution in [3.8, 4) is 11.3 Å². The highest BCUT2D eigenvalue weighted by Crippen LogP contribution is 2.34. The van der Waals surface area contributed by atoms with Gasteiger partial charge in [-0.25, -0.2) is 4.98 Å². The highest BCUT2D eigenvalue weighted by Gasteiger charge is 2.24. The summed E-state index contributed by atoms with van der Waals surface area (Å²) in [6, 6.07) is 17.3. The Balaban J connectivity index is 0.00000121. The third-order valence-corrected chi connectivity index (χ3v) is 4.28. The maximum atomic E-state index is 3.64. The van der Waals surface area contributed by atoms with Crippen LogP contribution < -0.4 is 17.4 Å². The summed E-state index contributed by atoms with van der Waals surface area (Å²) in [4.78, 5) is 3.64. The number of aryl methyl sites for hydroxylation is 2. The Kier molecular flexibility index (Phi) is 3.23. The van der Waals surface area contributed by atoms with Crippen molar-refractivity contribution in [1.82, 2.24) is 0 Å². The summed E-state index contributed by atoms with van der Waals surface area (Å²) < 4.78 is 0. The number of halogens is 1. The van der Waals surface area contributed by atoms with Crippen LogP contribution in [0.2, 0.25) is 0 Å². The van der Waals surface area contributed by atoms with Crippen molar-refractivity contribution >= 4 is 10.9 Å². The van der Waals surface area contributed by atoms with E-state index >= 15 is 0 Å². The first kappa shape index (κ1) is 13.1. The lowest BCUT2D eigenvalue weighted by molar-refractivity contribution is -0.332. The maximum Gasteiger partial charge on any atom is 0.215 e. The number of para-hydroxylation sites is 1. The molecule has 0 atom stereocenters. The summed E-state index contributed by atoms with van der Waals surface area (Å²) in [5.74, 6) is 0. The van der Waals surface area contributed by atoms with Crippen molar-refractivity contribution in [2.75, 3.05) is 0 Å². The van der Waals surface area contributed by atoms with Crippen LogP contribution >= 0.6 is 0 Å². The molecule has 1 aromatic heterocycles. The summed E-state index contributed by atoms with van der Waals surface area (Å²) in [6.45, 7) is 2.25. The zero-order valence-electron chi connectivity index (χ0n) is 11.4. The molecule has 1 nitrogen and oxygen atoms in total. The van der Waals surface area contributed by atoms with E-state index in [-0.39, 0.29) is 12.4 Å². The number of fused-ring (bicyclic) bond motifs is 4. The van der Waals surface area contributed by atoms with Crippen LogP contribution in [0.3, 0.4) is 0 Å². The van der Waals surface area contributed by atoms with Crippen LogP contribution in [0.1, 0.15) is 16.7 Å². The Hall–Kier alpha value is -1.86. The first-order valence-electron chi connectivity index (χ1n) is 6.86. The van der Waals surface area contributed by atoms with Crippen molar-refractivity contribution < 1.29 is 17.4 Å². The zero-order chi connectivity index (χ0) is 12.8. The molecule has 100 valence electrons. The standard InChI is InChI=1S/C18H15N.ClH/c1-12-14-7-4-5-9-17(14)19-18-15(12)11-10-13-6-2-3-8-16(13)18;/h2-9H,10-11H2,1H3;1H. The van der Waals surface area contributed by atoms with Gasteiger partial charge in [-0.3, -0.25) is 0 Å². The summed E-state index contributed by atoms with van der Waals surface area (Å²) in [5.41, 5.74) is 8.29. The molecule has 0 saturated carbocycles. The second kappa shape index (κ2) is 4.92. The molecule has 0 spiro atoms. The molecular formula is C18H16ClN. The Bertz CT molecular complexity index is 793. The zero-order valence-corrected chi connectivity index (χ0v) is 12.2. The second-order valence-corrected chi connectivity index (χ2v) is 5.31. The molecule has 20 heavy (non-hydrogen) atoms. The largest absolute Gasteiger partial charge is 1.00 e. The van der Waals surface area contributed by atoms with Crippen LogP contribution in [0.4, 0.5) is 0 Å². The Labute approximate surface area is 125 Å². The number of rotatable bonds is 0. The molecule has 1 heterocycles. The number of aromatic amines is 1. The van der Waals surface area contributed by atoms with E-state index in [9.17, 15) is 0 Å². The Morgan fingerprint density at radius 1 is 0.900 bits per heavy atom. The van der Waals surface area contributed by atoms with Crippen molar-refractivity contribution in [3.05, 3.63) is 65.2 Å². The number of H-pyrrole nitrogens is 1. The van der Waals surface area contributed by atoms with Crippen molar-refractivity contribution in [2.24, 2.45) is 0 Å². The molecule has 3 aromatic rings. The van der Waals surface area contributed by atoms with Crippen LogP contribution in [0.5, 0.6) is 0 Å². The molecule has 1 aliphatic carbocycles. The third-order valence-electron chi connectivity index (χ3n) is 4.28. The van der Waals surface area contributed by atoms with Crippen molar-refractivity contribution in [1.29, 1.82) is 0 Å². The van der Waals surface area contributed by atoms with E-state index in [0.29, 0.717) is 0 Å². The normalized spacial score (nSPS) is 12.4. The van der Waals surface area contributed by atoms with Gasteiger partial charge in [0, 0.05) is 22.6 Å². The van der Waals surface area contributed by atoms with Crippen LogP contribution in [-0.2, 0) is 12.8 Å².